The van der Waals surface area contributed by atoms with E-state index < -0.39 is 0 Å². The second-order valence-corrected chi connectivity index (χ2v) is 4.27. The van der Waals surface area contributed by atoms with Gasteiger partial charge in [0.05, 0.1) is 0 Å². The zero-order valence-corrected chi connectivity index (χ0v) is 10.2. The van der Waals surface area contributed by atoms with Gasteiger partial charge in [0.15, 0.2) is 0 Å². The van der Waals surface area contributed by atoms with E-state index in [-0.39, 0.29) is 0 Å². The molecule has 1 nitrogen and oxygen atoms in total. The van der Waals surface area contributed by atoms with Crippen LogP contribution in [0.5, 0.6) is 0 Å². The molecule has 1 aromatic carbocycles. The van der Waals surface area contributed by atoms with E-state index in [1.165, 1.54) is 16.8 Å². The maximum atomic E-state index is 3.39. The van der Waals surface area contributed by atoms with Crippen LogP contribution in [-0.4, -0.2) is 6.54 Å². The van der Waals surface area contributed by atoms with Crippen LogP contribution in [0.1, 0.15) is 39.2 Å². The van der Waals surface area contributed by atoms with E-state index in [9.17, 15) is 0 Å². The second-order valence-electron chi connectivity index (χ2n) is 4.27. The third-order valence-electron chi connectivity index (χ3n) is 2.64. The third kappa shape index (κ3) is 3.78. The Kier molecular flexibility index (Phi) is 4.41. The molecule has 82 valence electrons. The summed E-state index contributed by atoms with van der Waals surface area (Å²) in [4.78, 5) is 0. The van der Waals surface area contributed by atoms with Gasteiger partial charge < -0.3 is 5.32 Å². The van der Waals surface area contributed by atoms with Crippen molar-refractivity contribution in [2.24, 2.45) is 0 Å². The van der Waals surface area contributed by atoms with Crippen molar-refractivity contribution in [3.05, 3.63) is 41.5 Å². The average Bonchev–Trinajstić information content (AvgIpc) is 2.26. The molecule has 15 heavy (non-hydrogen) atoms. The van der Waals surface area contributed by atoms with Crippen LogP contribution < -0.4 is 5.32 Å². The van der Waals surface area contributed by atoms with Crippen LogP contribution in [0.3, 0.4) is 0 Å². The lowest BCUT2D eigenvalue weighted by Gasteiger charge is -2.09. The van der Waals surface area contributed by atoms with Crippen molar-refractivity contribution in [2.45, 2.75) is 33.6 Å². The van der Waals surface area contributed by atoms with Crippen molar-refractivity contribution in [3.8, 4) is 0 Å². The van der Waals surface area contributed by atoms with E-state index in [0.717, 1.165) is 6.54 Å². The Morgan fingerprint density at radius 2 is 1.87 bits per heavy atom. The van der Waals surface area contributed by atoms with Crippen molar-refractivity contribution >= 4 is 5.69 Å². The Morgan fingerprint density at radius 3 is 2.33 bits per heavy atom. The van der Waals surface area contributed by atoms with Gasteiger partial charge in [0, 0.05) is 12.2 Å². The molecule has 0 bridgehead atoms. The second kappa shape index (κ2) is 5.59. The number of anilines is 1. The molecule has 0 unspecified atom stereocenters. The van der Waals surface area contributed by atoms with Gasteiger partial charge in [-0.1, -0.05) is 37.6 Å². The molecule has 0 fully saturated rings. The monoisotopic (exact) mass is 203 g/mol. The fourth-order valence-electron chi connectivity index (χ4n) is 1.33. The highest BCUT2D eigenvalue weighted by atomic mass is 14.9. The van der Waals surface area contributed by atoms with E-state index in [0.29, 0.717) is 5.92 Å². The predicted octanol–water partition coefficient (Wildman–Crippen LogP) is 4.19. The average molecular weight is 203 g/mol. The summed E-state index contributed by atoms with van der Waals surface area (Å²) in [6.07, 6.45) is 2.13. The SMILES string of the molecule is CC=C(C)CNc1ccc(C(C)C)cc1. The van der Waals surface area contributed by atoms with E-state index >= 15 is 0 Å². The van der Waals surface area contributed by atoms with Gasteiger partial charge in [0.2, 0.25) is 0 Å². The largest absolute Gasteiger partial charge is 0.381 e. The fourth-order valence-corrected chi connectivity index (χ4v) is 1.33. The van der Waals surface area contributed by atoms with Crippen molar-refractivity contribution in [2.75, 3.05) is 11.9 Å². The lowest BCUT2D eigenvalue weighted by atomic mass is 10.0. The lowest BCUT2D eigenvalue weighted by Crippen LogP contribution is -2.02. The summed E-state index contributed by atoms with van der Waals surface area (Å²) in [5.41, 5.74) is 3.95. The maximum absolute atomic E-state index is 3.39. The first-order chi connectivity index (χ1) is 7.13. The molecule has 0 aliphatic carbocycles. The zero-order valence-electron chi connectivity index (χ0n) is 10.2. The van der Waals surface area contributed by atoms with Crippen LogP contribution in [0.2, 0.25) is 0 Å². The van der Waals surface area contributed by atoms with Gasteiger partial charge in [-0.15, -0.1) is 0 Å². The first kappa shape index (κ1) is 11.8. The molecule has 0 aliphatic heterocycles. The number of rotatable bonds is 4. The molecule has 1 N–H and O–H groups in total. The Hall–Kier alpha value is -1.24. The summed E-state index contributed by atoms with van der Waals surface area (Å²) >= 11 is 0. The van der Waals surface area contributed by atoms with E-state index in [1.54, 1.807) is 0 Å². The van der Waals surface area contributed by atoms with Gasteiger partial charge in [-0.05, 0) is 37.5 Å². The molecular weight excluding hydrogens is 182 g/mol. The molecule has 0 aromatic heterocycles. The predicted molar refractivity (Wildman–Crippen MR) is 68.5 cm³/mol. The number of hydrogen-bond donors (Lipinski definition) is 1. The molecule has 0 spiro atoms. The summed E-state index contributed by atoms with van der Waals surface area (Å²) in [6, 6.07) is 8.69. The Balaban J connectivity index is 2.57. The van der Waals surface area contributed by atoms with Gasteiger partial charge in [-0.3, -0.25) is 0 Å². The minimum Gasteiger partial charge on any atom is -0.381 e. The van der Waals surface area contributed by atoms with Gasteiger partial charge in [0.25, 0.3) is 0 Å². The quantitative estimate of drug-likeness (QED) is 0.723. The molecule has 0 saturated heterocycles. The summed E-state index contributed by atoms with van der Waals surface area (Å²) in [5.74, 6) is 0.608. The van der Waals surface area contributed by atoms with Gasteiger partial charge in [-0.2, -0.15) is 0 Å². The van der Waals surface area contributed by atoms with Crippen molar-refractivity contribution in [1.29, 1.82) is 0 Å². The zero-order chi connectivity index (χ0) is 11.3. The van der Waals surface area contributed by atoms with E-state index in [1.807, 2.05) is 0 Å². The van der Waals surface area contributed by atoms with Gasteiger partial charge >= 0.3 is 0 Å². The van der Waals surface area contributed by atoms with Crippen LogP contribution in [0.15, 0.2) is 35.9 Å². The standard InChI is InChI=1S/C14H21N/c1-5-12(4)10-15-14-8-6-13(7-9-14)11(2)3/h5-9,11,15H,10H2,1-4H3. The highest BCUT2D eigenvalue weighted by molar-refractivity contribution is 5.46. The Bertz CT molecular complexity index is 320. The fraction of sp³-hybridized carbons (Fsp3) is 0.429. The Labute approximate surface area is 93.2 Å². The van der Waals surface area contributed by atoms with Crippen molar-refractivity contribution in [1.82, 2.24) is 0 Å². The topological polar surface area (TPSA) is 12.0 Å². The smallest absolute Gasteiger partial charge is 0.0357 e. The van der Waals surface area contributed by atoms with Gasteiger partial charge in [0.1, 0.15) is 0 Å². The minimum atomic E-state index is 0.608. The molecule has 0 saturated carbocycles. The first-order valence-electron chi connectivity index (χ1n) is 5.59. The molecular formula is C14H21N. The number of benzene rings is 1. The molecule has 0 heterocycles. The maximum Gasteiger partial charge on any atom is 0.0357 e. The molecule has 0 aliphatic rings. The summed E-state index contributed by atoms with van der Waals surface area (Å²) in [7, 11) is 0. The minimum absolute atomic E-state index is 0.608. The lowest BCUT2D eigenvalue weighted by molar-refractivity contribution is 0.867. The van der Waals surface area contributed by atoms with Crippen LogP contribution in [0.25, 0.3) is 0 Å². The van der Waals surface area contributed by atoms with Gasteiger partial charge in [-0.25, -0.2) is 0 Å². The first-order valence-corrected chi connectivity index (χ1v) is 5.59. The number of nitrogens with one attached hydrogen (secondary N) is 1. The third-order valence-corrected chi connectivity index (χ3v) is 2.64. The number of hydrogen-bond acceptors (Lipinski definition) is 1. The van der Waals surface area contributed by atoms with Crippen LogP contribution in [0.4, 0.5) is 5.69 Å². The summed E-state index contributed by atoms with van der Waals surface area (Å²) in [6.45, 7) is 9.56. The molecule has 0 radical (unpaired) electrons. The summed E-state index contributed by atoms with van der Waals surface area (Å²) < 4.78 is 0. The van der Waals surface area contributed by atoms with Crippen LogP contribution in [-0.2, 0) is 0 Å². The van der Waals surface area contributed by atoms with Crippen LogP contribution in [0, 0.1) is 0 Å². The van der Waals surface area contributed by atoms with Crippen molar-refractivity contribution < 1.29 is 0 Å². The molecule has 1 rings (SSSR count). The molecule has 1 aromatic rings. The van der Waals surface area contributed by atoms with E-state index in [2.05, 4.69) is 63.4 Å². The normalized spacial score (nSPS) is 11.9. The summed E-state index contributed by atoms with van der Waals surface area (Å²) in [5, 5.41) is 3.39. The Morgan fingerprint density at radius 1 is 1.27 bits per heavy atom. The van der Waals surface area contributed by atoms with Crippen molar-refractivity contribution in [3.63, 3.8) is 0 Å². The molecule has 1 heteroatoms. The molecule has 0 amide bonds. The highest BCUT2D eigenvalue weighted by Gasteiger charge is 1.98. The van der Waals surface area contributed by atoms with E-state index in [4.69, 9.17) is 0 Å². The van der Waals surface area contributed by atoms with Crippen LogP contribution >= 0.6 is 0 Å². The highest BCUT2D eigenvalue weighted by Crippen LogP contribution is 2.17. The molecule has 0 atom stereocenters. The number of allylic oxidation sites excluding steroid dienone is 1.